The number of nitrogens with one attached hydrogen (secondary N) is 1. The van der Waals surface area contributed by atoms with Crippen LogP contribution in [0.4, 0.5) is 0 Å². The third-order valence-electron chi connectivity index (χ3n) is 4.40. The Morgan fingerprint density at radius 3 is 2.50 bits per heavy atom. The fourth-order valence-corrected chi connectivity index (χ4v) is 5.52. The molecule has 3 rings (SSSR count). The highest BCUT2D eigenvalue weighted by molar-refractivity contribution is 7.89. The number of aromatic nitrogens is 1. The van der Waals surface area contributed by atoms with E-state index < -0.39 is 15.6 Å². The lowest BCUT2D eigenvalue weighted by molar-refractivity contribution is 0.223. The van der Waals surface area contributed by atoms with E-state index in [0.717, 1.165) is 48.4 Å². The summed E-state index contributed by atoms with van der Waals surface area (Å²) in [7, 11) is -3.56. The summed E-state index contributed by atoms with van der Waals surface area (Å²) in [5.41, 5.74) is 1.50. The molecule has 0 saturated heterocycles. The van der Waals surface area contributed by atoms with Crippen LogP contribution in [0.2, 0.25) is 0 Å². The molecule has 1 aliphatic carbocycles. The maximum absolute atomic E-state index is 12.8. The van der Waals surface area contributed by atoms with E-state index in [4.69, 9.17) is 11.6 Å². The van der Waals surface area contributed by atoms with Crippen molar-refractivity contribution >= 4 is 33.0 Å². The van der Waals surface area contributed by atoms with Crippen LogP contribution in [0.25, 0.3) is 0 Å². The molecule has 1 fully saturated rings. The van der Waals surface area contributed by atoms with Gasteiger partial charge >= 0.3 is 0 Å². The summed E-state index contributed by atoms with van der Waals surface area (Å²) >= 11 is 7.23. The van der Waals surface area contributed by atoms with Gasteiger partial charge in [0, 0.05) is 17.0 Å². The number of benzene rings is 1. The molecule has 1 aromatic heterocycles. The number of alkyl halides is 1. The van der Waals surface area contributed by atoms with Crippen molar-refractivity contribution in [1.82, 2.24) is 9.71 Å². The molecule has 1 heterocycles. The first kappa shape index (κ1) is 17.9. The van der Waals surface area contributed by atoms with E-state index in [-0.39, 0.29) is 0 Å². The SMILES string of the molecule is Cc1csc(C2(NS(=O)(=O)c3ccc(CCCCl)cc3)CCC2)n1. The molecule has 1 N–H and O–H groups in total. The zero-order valence-corrected chi connectivity index (χ0v) is 16.0. The standard InChI is InChI=1S/C17H21ClN2O2S2/c1-13-12-23-16(19-13)17(9-3-10-17)20-24(21,22)15-7-5-14(6-8-15)4-2-11-18/h5-8,12,20H,2-4,9-11H2,1H3. The molecule has 0 amide bonds. The van der Waals surface area contributed by atoms with Gasteiger partial charge in [0.05, 0.1) is 10.4 Å². The quantitative estimate of drug-likeness (QED) is 0.734. The summed E-state index contributed by atoms with van der Waals surface area (Å²) in [6, 6.07) is 7.07. The molecule has 130 valence electrons. The van der Waals surface area contributed by atoms with Gasteiger partial charge in [0.15, 0.2) is 0 Å². The Bertz CT molecular complexity index is 796. The van der Waals surface area contributed by atoms with Crippen molar-refractivity contribution in [2.45, 2.75) is 49.5 Å². The summed E-state index contributed by atoms with van der Waals surface area (Å²) in [4.78, 5) is 4.81. The minimum absolute atomic E-state index is 0.302. The molecular formula is C17H21ClN2O2S2. The van der Waals surface area contributed by atoms with E-state index in [0.29, 0.717) is 10.8 Å². The van der Waals surface area contributed by atoms with Gasteiger partial charge < -0.3 is 0 Å². The van der Waals surface area contributed by atoms with Gasteiger partial charge in [-0.2, -0.15) is 4.72 Å². The molecule has 4 nitrogen and oxygen atoms in total. The van der Waals surface area contributed by atoms with Gasteiger partial charge in [-0.15, -0.1) is 22.9 Å². The van der Waals surface area contributed by atoms with E-state index >= 15 is 0 Å². The van der Waals surface area contributed by atoms with Gasteiger partial charge in [-0.25, -0.2) is 13.4 Å². The predicted molar refractivity (Wildman–Crippen MR) is 98.2 cm³/mol. The van der Waals surface area contributed by atoms with Gasteiger partial charge in [-0.3, -0.25) is 0 Å². The van der Waals surface area contributed by atoms with Crippen LogP contribution in [0.5, 0.6) is 0 Å². The molecule has 0 aliphatic heterocycles. The first-order valence-corrected chi connectivity index (χ1v) is 11.0. The maximum Gasteiger partial charge on any atom is 0.241 e. The van der Waals surface area contributed by atoms with E-state index in [2.05, 4.69) is 9.71 Å². The zero-order valence-electron chi connectivity index (χ0n) is 13.6. The van der Waals surface area contributed by atoms with E-state index in [1.54, 1.807) is 12.1 Å². The highest BCUT2D eigenvalue weighted by Crippen LogP contribution is 2.43. The molecule has 0 bridgehead atoms. The maximum atomic E-state index is 12.8. The minimum atomic E-state index is -3.56. The number of sulfonamides is 1. The Morgan fingerprint density at radius 2 is 2.00 bits per heavy atom. The van der Waals surface area contributed by atoms with Crippen molar-refractivity contribution in [3.8, 4) is 0 Å². The Labute approximate surface area is 152 Å². The summed E-state index contributed by atoms with van der Waals surface area (Å²) in [6.07, 6.45) is 4.36. The molecule has 0 radical (unpaired) electrons. The Morgan fingerprint density at radius 1 is 1.29 bits per heavy atom. The first-order chi connectivity index (χ1) is 11.5. The lowest BCUT2D eigenvalue weighted by Crippen LogP contribution is -2.50. The van der Waals surface area contributed by atoms with Crippen LogP contribution in [0, 0.1) is 6.92 Å². The molecule has 2 aromatic rings. The third-order valence-corrected chi connectivity index (χ3v) is 7.38. The lowest BCUT2D eigenvalue weighted by atomic mass is 9.78. The smallest absolute Gasteiger partial charge is 0.241 e. The second kappa shape index (κ2) is 7.12. The Kier molecular flexibility index (Phi) is 5.30. The summed E-state index contributed by atoms with van der Waals surface area (Å²) in [5.74, 6) is 0.608. The Balaban J connectivity index is 1.80. The van der Waals surface area contributed by atoms with Crippen molar-refractivity contribution in [2.75, 3.05) is 5.88 Å². The first-order valence-electron chi connectivity index (χ1n) is 8.07. The largest absolute Gasteiger partial charge is 0.245 e. The van der Waals surface area contributed by atoms with Crippen LogP contribution in [0.15, 0.2) is 34.5 Å². The highest BCUT2D eigenvalue weighted by atomic mass is 35.5. The van der Waals surface area contributed by atoms with Crippen molar-refractivity contribution in [1.29, 1.82) is 0 Å². The van der Waals surface area contributed by atoms with Crippen molar-refractivity contribution < 1.29 is 8.42 Å². The lowest BCUT2D eigenvalue weighted by Gasteiger charge is -2.40. The minimum Gasteiger partial charge on any atom is -0.245 e. The molecule has 0 unspecified atom stereocenters. The van der Waals surface area contributed by atoms with Gasteiger partial charge in [0.1, 0.15) is 5.01 Å². The number of thiazole rings is 1. The van der Waals surface area contributed by atoms with Gasteiger partial charge in [-0.05, 0) is 56.7 Å². The topological polar surface area (TPSA) is 59.1 Å². The summed E-state index contributed by atoms with van der Waals surface area (Å²) in [6.45, 7) is 1.93. The normalized spacial score (nSPS) is 16.8. The third kappa shape index (κ3) is 3.67. The van der Waals surface area contributed by atoms with Crippen molar-refractivity contribution in [2.24, 2.45) is 0 Å². The van der Waals surface area contributed by atoms with Gasteiger partial charge in [0.2, 0.25) is 10.0 Å². The monoisotopic (exact) mass is 384 g/mol. The van der Waals surface area contributed by atoms with Gasteiger partial charge in [0.25, 0.3) is 0 Å². The van der Waals surface area contributed by atoms with Crippen LogP contribution >= 0.6 is 22.9 Å². The number of rotatable bonds is 7. The highest BCUT2D eigenvalue weighted by Gasteiger charge is 2.44. The molecular weight excluding hydrogens is 364 g/mol. The van der Waals surface area contributed by atoms with Crippen molar-refractivity contribution in [3.05, 3.63) is 45.9 Å². The molecule has 0 spiro atoms. The number of aryl methyl sites for hydroxylation is 2. The molecule has 1 aromatic carbocycles. The summed E-state index contributed by atoms with van der Waals surface area (Å²) < 4.78 is 28.5. The fraction of sp³-hybridized carbons (Fsp3) is 0.471. The van der Waals surface area contributed by atoms with Crippen LogP contribution in [0.3, 0.4) is 0 Å². The zero-order chi connectivity index (χ0) is 17.2. The number of nitrogens with zero attached hydrogens (tertiary/aromatic N) is 1. The van der Waals surface area contributed by atoms with Crippen molar-refractivity contribution in [3.63, 3.8) is 0 Å². The van der Waals surface area contributed by atoms with E-state index in [1.807, 2.05) is 24.4 Å². The van der Waals surface area contributed by atoms with Crippen LogP contribution in [0.1, 0.15) is 41.9 Å². The molecule has 0 atom stereocenters. The Hall–Kier alpha value is -0.950. The molecule has 24 heavy (non-hydrogen) atoms. The number of halogens is 1. The second-order valence-corrected chi connectivity index (χ2v) is 9.19. The average molecular weight is 385 g/mol. The van der Waals surface area contributed by atoms with Crippen LogP contribution in [-0.4, -0.2) is 19.3 Å². The molecule has 1 saturated carbocycles. The van der Waals surface area contributed by atoms with E-state index in [9.17, 15) is 8.42 Å². The predicted octanol–water partition coefficient (Wildman–Crippen LogP) is 3.98. The van der Waals surface area contributed by atoms with E-state index in [1.165, 1.54) is 11.3 Å². The fourth-order valence-electron chi connectivity index (χ4n) is 2.89. The second-order valence-electron chi connectivity index (χ2n) is 6.27. The average Bonchev–Trinajstić information content (AvgIpc) is 2.96. The number of hydrogen-bond acceptors (Lipinski definition) is 4. The van der Waals surface area contributed by atoms with Gasteiger partial charge in [-0.1, -0.05) is 12.1 Å². The van der Waals surface area contributed by atoms with Crippen LogP contribution < -0.4 is 4.72 Å². The number of hydrogen-bond donors (Lipinski definition) is 1. The molecule has 1 aliphatic rings. The van der Waals surface area contributed by atoms with Crippen LogP contribution in [-0.2, 0) is 22.0 Å². The molecule has 7 heteroatoms. The summed E-state index contributed by atoms with van der Waals surface area (Å²) in [5, 5.41) is 2.84.